The van der Waals surface area contributed by atoms with Crippen LogP contribution in [0.25, 0.3) is 0 Å². The second-order valence-electron chi connectivity index (χ2n) is 5.90. The number of nitrogens with one attached hydrogen (secondary N) is 2. The van der Waals surface area contributed by atoms with Gasteiger partial charge in [0.15, 0.2) is 5.96 Å². The largest absolute Gasteiger partial charge is 0.497 e. The van der Waals surface area contributed by atoms with Crippen LogP contribution in [0, 0.1) is 5.92 Å². The Hall–Kier alpha value is -3.02. The third kappa shape index (κ3) is 5.84. The lowest BCUT2D eigenvalue weighted by Gasteiger charge is -2.09. The van der Waals surface area contributed by atoms with Gasteiger partial charge in [0.05, 0.1) is 13.7 Å². The van der Waals surface area contributed by atoms with Crippen molar-refractivity contribution < 1.29 is 9.53 Å². The molecule has 25 heavy (non-hydrogen) atoms. The van der Waals surface area contributed by atoms with Crippen LogP contribution in [0.3, 0.4) is 0 Å². The van der Waals surface area contributed by atoms with E-state index in [-0.39, 0.29) is 11.8 Å². The number of nitrogens with zero attached hydrogens (tertiary/aromatic N) is 1. The third-order valence-electron chi connectivity index (χ3n) is 3.52. The summed E-state index contributed by atoms with van der Waals surface area (Å²) in [4.78, 5) is 16.0. The van der Waals surface area contributed by atoms with Crippen molar-refractivity contribution in [3.8, 4) is 5.75 Å². The van der Waals surface area contributed by atoms with Gasteiger partial charge in [0.1, 0.15) is 5.75 Å². The molecule has 0 atom stereocenters. The number of amides is 1. The van der Waals surface area contributed by atoms with E-state index in [4.69, 9.17) is 10.5 Å². The molecule has 4 N–H and O–H groups in total. The average molecular weight is 340 g/mol. The number of aliphatic imine (C=N–C) groups is 1. The number of ether oxygens (including phenoxy) is 1. The number of carbonyl (C=O) groups is 1. The van der Waals surface area contributed by atoms with E-state index in [1.165, 1.54) is 0 Å². The Bertz CT molecular complexity index is 739. The highest BCUT2D eigenvalue weighted by Gasteiger charge is 2.06. The minimum atomic E-state index is -0.0493. The summed E-state index contributed by atoms with van der Waals surface area (Å²) < 4.78 is 5.17. The maximum atomic E-state index is 11.7. The molecule has 0 heterocycles. The molecule has 0 saturated carbocycles. The number of guanidine groups is 1. The normalized spacial score (nSPS) is 11.3. The Morgan fingerprint density at radius 1 is 1.12 bits per heavy atom. The van der Waals surface area contributed by atoms with Crippen LogP contribution in [0.1, 0.15) is 19.4 Å². The highest BCUT2D eigenvalue weighted by Crippen LogP contribution is 2.16. The molecule has 132 valence electrons. The fourth-order valence-corrected chi connectivity index (χ4v) is 2.04. The SMILES string of the molecule is COc1cccc(NC(N)=NCc2ccc(NC(=O)C(C)C)cc2)c1. The molecule has 6 nitrogen and oxygen atoms in total. The summed E-state index contributed by atoms with van der Waals surface area (Å²) in [5.41, 5.74) is 8.50. The van der Waals surface area contributed by atoms with Crippen LogP contribution >= 0.6 is 0 Å². The zero-order chi connectivity index (χ0) is 18.2. The number of methoxy groups -OCH3 is 1. The summed E-state index contributed by atoms with van der Waals surface area (Å²) in [7, 11) is 1.61. The first kappa shape index (κ1) is 18.3. The molecule has 0 aliphatic carbocycles. The van der Waals surface area contributed by atoms with Gasteiger partial charge in [-0.3, -0.25) is 4.79 Å². The number of benzene rings is 2. The van der Waals surface area contributed by atoms with E-state index in [1.807, 2.05) is 62.4 Å². The molecule has 0 spiro atoms. The first-order valence-corrected chi connectivity index (χ1v) is 8.08. The zero-order valence-electron chi connectivity index (χ0n) is 14.7. The van der Waals surface area contributed by atoms with Gasteiger partial charge in [0.25, 0.3) is 0 Å². The summed E-state index contributed by atoms with van der Waals surface area (Å²) in [5.74, 6) is 1.02. The predicted octanol–water partition coefficient (Wildman–Crippen LogP) is 3.22. The van der Waals surface area contributed by atoms with Gasteiger partial charge in [-0.1, -0.05) is 32.0 Å². The fourth-order valence-electron chi connectivity index (χ4n) is 2.04. The molecule has 2 aromatic rings. The molecule has 0 radical (unpaired) electrons. The number of nitrogens with two attached hydrogens (primary N) is 1. The van der Waals surface area contributed by atoms with Gasteiger partial charge in [-0.25, -0.2) is 4.99 Å². The van der Waals surface area contributed by atoms with Crippen LogP contribution in [0.5, 0.6) is 5.75 Å². The van der Waals surface area contributed by atoms with Gasteiger partial charge < -0.3 is 21.1 Å². The van der Waals surface area contributed by atoms with Crippen LogP contribution in [0.15, 0.2) is 53.5 Å². The molecule has 0 aliphatic rings. The monoisotopic (exact) mass is 340 g/mol. The molecule has 0 unspecified atom stereocenters. The Balaban J connectivity index is 1.92. The summed E-state index contributed by atoms with van der Waals surface area (Å²) in [5, 5.41) is 5.88. The molecule has 0 fully saturated rings. The first-order chi connectivity index (χ1) is 12.0. The molecular formula is C19H24N4O2. The van der Waals surface area contributed by atoms with E-state index >= 15 is 0 Å². The Labute approximate surface area is 148 Å². The maximum absolute atomic E-state index is 11.7. The predicted molar refractivity (Wildman–Crippen MR) is 102 cm³/mol. The second-order valence-corrected chi connectivity index (χ2v) is 5.90. The lowest BCUT2D eigenvalue weighted by atomic mass is 10.2. The zero-order valence-corrected chi connectivity index (χ0v) is 14.7. The molecule has 0 saturated heterocycles. The van der Waals surface area contributed by atoms with Crippen molar-refractivity contribution in [1.29, 1.82) is 0 Å². The molecule has 2 aromatic carbocycles. The van der Waals surface area contributed by atoms with Crippen molar-refractivity contribution in [3.05, 3.63) is 54.1 Å². The van der Waals surface area contributed by atoms with E-state index in [0.717, 1.165) is 22.7 Å². The minimum absolute atomic E-state index is 0.00231. The smallest absolute Gasteiger partial charge is 0.226 e. The first-order valence-electron chi connectivity index (χ1n) is 8.08. The van der Waals surface area contributed by atoms with E-state index < -0.39 is 0 Å². The van der Waals surface area contributed by atoms with Crippen molar-refractivity contribution in [2.24, 2.45) is 16.6 Å². The fraction of sp³-hybridized carbons (Fsp3) is 0.263. The Kier molecular flexibility index (Phi) is 6.39. The molecule has 0 bridgehead atoms. The Morgan fingerprint density at radius 2 is 1.84 bits per heavy atom. The lowest BCUT2D eigenvalue weighted by molar-refractivity contribution is -0.118. The van der Waals surface area contributed by atoms with Crippen molar-refractivity contribution in [1.82, 2.24) is 0 Å². The third-order valence-corrected chi connectivity index (χ3v) is 3.52. The van der Waals surface area contributed by atoms with Crippen LogP contribution in [0.4, 0.5) is 11.4 Å². The van der Waals surface area contributed by atoms with Gasteiger partial charge >= 0.3 is 0 Å². The topological polar surface area (TPSA) is 88.7 Å². The summed E-state index contributed by atoms with van der Waals surface area (Å²) in [6.07, 6.45) is 0. The standard InChI is InChI=1S/C19H24N4O2/c1-13(2)18(24)22-15-9-7-14(8-10-15)12-21-19(20)23-16-5-4-6-17(11-16)25-3/h4-11,13H,12H2,1-3H3,(H,22,24)(H3,20,21,23). The summed E-state index contributed by atoms with van der Waals surface area (Å²) in [6.45, 7) is 4.16. The second kappa shape index (κ2) is 8.73. The molecule has 2 rings (SSSR count). The number of hydrogen-bond donors (Lipinski definition) is 3. The van der Waals surface area contributed by atoms with Crippen LogP contribution in [-0.2, 0) is 11.3 Å². The molecule has 6 heteroatoms. The van der Waals surface area contributed by atoms with Crippen LogP contribution < -0.4 is 21.1 Å². The molecule has 0 aromatic heterocycles. The van der Waals surface area contributed by atoms with Crippen molar-refractivity contribution >= 4 is 23.2 Å². The molecule has 1 amide bonds. The summed E-state index contributed by atoms with van der Waals surface area (Å²) >= 11 is 0. The lowest BCUT2D eigenvalue weighted by Crippen LogP contribution is -2.22. The van der Waals surface area contributed by atoms with Gasteiger partial charge in [-0.15, -0.1) is 0 Å². The quantitative estimate of drug-likeness (QED) is 0.556. The maximum Gasteiger partial charge on any atom is 0.226 e. The number of hydrogen-bond acceptors (Lipinski definition) is 3. The van der Waals surface area contributed by atoms with E-state index in [0.29, 0.717) is 12.5 Å². The van der Waals surface area contributed by atoms with Crippen molar-refractivity contribution in [2.75, 3.05) is 17.7 Å². The molecule has 0 aliphatic heterocycles. The van der Waals surface area contributed by atoms with Gasteiger partial charge in [-0.2, -0.15) is 0 Å². The Morgan fingerprint density at radius 3 is 2.48 bits per heavy atom. The van der Waals surface area contributed by atoms with Gasteiger partial charge in [0.2, 0.25) is 5.91 Å². The van der Waals surface area contributed by atoms with Gasteiger partial charge in [0, 0.05) is 23.4 Å². The molecular weight excluding hydrogens is 316 g/mol. The minimum Gasteiger partial charge on any atom is -0.497 e. The van der Waals surface area contributed by atoms with E-state index in [9.17, 15) is 4.79 Å². The van der Waals surface area contributed by atoms with Gasteiger partial charge in [-0.05, 0) is 29.8 Å². The summed E-state index contributed by atoms with van der Waals surface area (Å²) in [6, 6.07) is 15.0. The van der Waals surface area contributed by atoms with E-state index in [2.05, 4.69) is 15.6 Å². The highest BCUT2D eigenvalue weighted by atomic mass is 16.5. The highest BCUT2D eigenvalue weighted by molar-refractivity contribution is 5.92. The number of carbonyl (C=O) groups excluding carboxylic acids is 1. The number of rotatable bonds is 6. The van der Waals surface area contributed by atoms with Crippen LogP contribution in [-0.4, -0.2) is 19.0 Å². The van der Waals surface area contributed by atoms with Crippen LogP contribution in [0.2, 0.25) is 0 Å². The van der Waals surface area contributed by atoms with Crippen molar-refractivity contribution in [2.45, 2.75) is 20.4 Å². The van der Waals surface area contributed by atoms with E-state index in [1.54, 1.807) is 7.11 Å². The number of anilines is 2. The van der Waals surface area contributed by atoms with Crippen molar-refractivity contribution in [3.63, 3.8) is 0 Å². The average Bonchev–Trinajstić information content (AvgIpc) is 2.61.